The van der Waals surface area contributed by atoms with Crippen LogP contribution in [0.15, 0.2) is 42.5 Å². The van der Waals surface area contributed by atoms with Crippen molar-refractivity contribution < 1.29 is 14.2 Å². The highest BCUT2D eigenvalue weighted by Crippen LogP contribution is 2.28. The lowest BCUT2D eigenvalue weighted by atomic mass is 9.99. The SMILES string of the molecule is COc1ccc(-c2ccccc2CO)c(F)c1. The van der Waals surface area contributed by atoms with Gasteiger partial charge in [0.2, 0.25) is 0 Å². The summed E-state index contributed by atoms with van der Waals surface area (Å²) >= 11 is 0. The summed E-state index contributed by atoms with van der Waals surface area (Å²) in [6.45, 7) is -0.109. The molecule has 2 aromatic rings. The molecule has 0 amide bonds. The molecule has 0 fully saturated rings. The second-order valence-electron chi connectivity index (χ2n) is 3.66. The number of methoxy groups -OCH3 is 1. The van der Waals surface area contributed by atoms with E-state index in [-0.39, 0.29) is 12.4 Å². The minimum Gasteiger partial charge on any atom is -0.497 e. The lowest BCUT2D eigenvalue weighted by molar-refractivity contribution is 0.282. The van der Waals surface area contributed by atoms with E-state index in [1.54, 1.807) is 24.3 Å². The van der Waals surface area contributed by atoms with Crippen molar-refractivity contribution in [2.45, 2.75) is 6.61 Å². The third-order valence-electron chi connectivity index (χ3n) is 2.65. The Bertz CT molecular complexity index is 523. The van der Waals surface area contributed by atoms with Crippen molar-refractivity contribution in [3.8, 4) is 16.9 Å². The van der Waals surface area contributed by atoms with Crippen molar-refractivity contribution in [1.29, 1.82) is 0 Å². The number of aliphatic hydroxyl groups excluding tert-OH is 1. The van der Waals surface area contributed by atoms with Crippen molar-refractivity contribution in [3.05, 3.63) is 53.8 Å². The first-order chi connectivity index (χ1) is 8.26. The second-order valence-corrected chi connectivity index (χ2v) is 3.66. The Balaban J connectivity index is 2.53. The van der Waals surface area contributed by atoms with E-state index >= 15 is 0 Å². The molecule has 2 rings (SSSR count). The van der Waals surface area contributed by atoms with E-state index in [0.29, 0.717) is 22.4 Å². The Hall–Kier alpha value is -1.87. The molecule has 0 aromatic heterocycles. The van der Waals surface area contributed by atoms with Crippen molar-refractivity contribution in [3.63, 3.8) is 0 Å². The van der Waals surface area contributed by atoms with Gasteiger partial charge in [-0.1, -0.05) is 24.3 Å². The van der Waals surface area contributed by atoms with E-state index < -0.39 is 0 Å². The molecule has 17 heavy (non-hydrogen) atoms. The van der Waals surface area contributed by atoms with Gasteiger partial charge < -0.3 is 9.84 Å². The third-order valence-corrected chi connectivity index (χ3v) is 2.65. The summed E-state index contributed by atoms with van der Waals surface area (Å²) in [6, 6.07) is 11.9. The van der Waals surface area contributed by atoms with Crippen LogP contribution >= 0.6 is 0 Å². The van der Waals surface area contributed by atoms with Crippen LogP contribution in [0.25, 0.3) is 11.1 Å². The zero-order valence-electron chi connectivity index (χ0n) is 9.48. The fraction of sp³-hybridized carbons (Fsp3) is 0.143. The fourth-order valence-electron chi connectivity index (χ4n) is 1.76. The molecule has 0 heterocycles. The van der Waals surface area contributed by atoms with Crippen LogP contribution in [0.1, 0.15) is 5.56 Å². The molecule has 0 saturated heterocycles. The van der Waals surface area contributed by atoms with Gasteiger partial charge in [0.05, 0.1) is 13.7 Å². The van der Waals surface area contributed by atoms with Gasteiger partial charge in [0.1, 0.15) is 11.6 Å². The van der Waals surface area contributed by atoms with Gasteiger partial charge >= 0.3 is 0 Å². The normalized spacial score (nSPS) is 10.3. The summed E-state index contributed by atoms with van der Waals surface area (Å²) in [5, 5.41) is 9.22. The summed E-state index contributed by atoms with van der Waals surface area (Å²) in [4.78, 5) is 0. The van der Waals surface area contributed by atoms with Crippen LogP contribution in [0.5, 0.6) is 5.75 Å². The smallest absolute Gasteiger partial charge is 0.134 e. The molecular weight excluding hydrogens is 219 g/mol. The van der Waals surface area contributed by atoms with Crippen LogP contribution in [-0.4, -0.2) is 12.2 Å². The monoisotopic (exact) mass is 232 g/mol. The highest BCUT2D eigenvalue weighted by Gasteiger charge is 2.09. The number of hydrogen-bond donors (Lipinski definition) is 1. The highest BCUT2D eigenvalue weighted by atomic mass is 19.1. The first-order valence-electron chi connectivity index (χ1n) is 5.29. The number of benzene rings is 2. The van der Waals surface area contributed by atoms with E-state index in [9.17, 15) is 9.50 Å². The number of rotatable bonds is 3. The van der Waals surface area contributed by atoms with Gasteiger partial charge in [-0.05, 0) is 23.3 Å². The zero-order valence-corrected chi connectivity index (χ0v) is 9.48. The molecular formula is C14H13FO2. The molecule has 1 N–H and O–H groups in total. The molecule has 0 aliphatic heterocycles. The lowest BCUT2D eigenvalue weighted by Gasteiger charge is -2.09. The van der Waals surface area contributed by atoms with Gasteiger partial charge in [0, 0.05) is 11.6 Å². The molecule has 3 heteroatoms. The summed E-state index contributed by atoms with van der Waals surface area (Å²) < 4.78 is 18.8. The fourth-order valence-corrected chi connectivity index (χ4v) is 1.76. The molecule has 0 bridgehead atoms. The summed E-state index contributed by atoms with van der Waals surface area (Å²) in [6.07, 6.45) is 0. The first-order valence-corrected chi connectivity index (χ1v) is 5.29. The van der Waals surface area contributed by atoms with Crippen LogP contribution < -0.4 is 4.74 Å². The number of ether oxygens (including phenoxy) is 1. The first kappa shape index (κ1) is 11.6. The molecule has 0 spiro atoms. The molecule has 88 valence electrons. The van der Waals surface area contributed by atoms with Crippen LogP contribution in [0.4, 0.5) is 4.39 Å². The summed E-state index contributed by atoms with van der Waals surface area (Å²) in [7, 11) is 1.50. The Kier molecular flexibility index (Phi) is 3.40. The number of aliphatic hydroxyl groups is 1. The van der Waals surface area contributed by atoms with Crippen molar-refractivity contribution >= 4 is 0 Å². The Morgan fingerprint density at radius 1 is 1.12 bits per heavy atom. The zero-order chi connectivity index (χ0) is 12.3. The average molecular weight is 232 g/mol. The van der Waals surface area contributed by atoms with E-state index in [1.807, 2.05) is 12.1 Å². The molecule has 0 unspecified atom stereocenters. The van der Waals surface area contributed by atoms with Crippen LogP contribution in [0.3, 0.4) is 0 Å². The average Bonchev–Trinajstić information content (AvgIpc) is 2.38. The molecule has 0 aliphatic rings. The standard InChI is InChI=1S/C14H13FO2/c1-17-11-6-7-13(14(15)8-11)12-5-3-2-4-10(12)9-16/h2-8,16H,9H2,1H3. The minimum absolute atomic E-state index is 0.109. The Morgan fingerprint density at radius 2 is 1.88 bits per heavy atom. The highest BCUT2D eigenvalue weighted by molar-refractivity contribution is 5.68. The molecule has 2 aromatic carbocycles. The van der Waals surface area contributed by atoms with Gasteiger partial charge in [-0.2, -0.15) is 0 Å². The van der Waals surface area contributed by atoms with Crippen LogP contribution in [0.2, 0.25) is 0 Å². The van der Waals surface area contributed by atoms with Gasteiger partial charge in [-0.3, -0.25) is 0 Å². The van der Waals surface area contributed by atoms with Gasteiger partial charge in [-0.25, -0.2) is 4.39 Å². The summed E-state index contributed by atoms with van der Waals surface area (Å²) in [5.41, 5.74) is 1.88. The number of hydrogen-bond acceptors (Lipinski definition) is 2. The lowest BCUT2D eigenvalue weighted by Crippen LogP contribution is -1.92. The van der Waals surface area contributed by atoms with E-state index in [2.05, 4.69) is 0 Å². The van der Waals surface area contributed by atoms with E-state index in [4.69, 9.17) is 4.74 Å². The van der Waals surface area contributed by atoms with E-state index in [0.717, 1.165) is 0 Å². The quantitative estimate of drug-likeness (QED) is 0.881. The molecule has 0 atom stereocenters. The molecule has 0 saturated carbocycles. The predicted molar refractivity (Wildman–Crippen MR) is 64.3 cm³/mol. The van der Waals surface area contributed by atoms with Crippen LogP contribution in [0, 0.1) is 5.82 Å². The molecule has 0 aliphatic carbocycles. The van der Waals surface area contributed by atoms with Crippen LogP contribution in [-0.2, 0) is 6.61 Å². The summed E-state index contributed by atoms with van der Waals surface area (Å²) in [5.74, 6) is 0.123. The van der Waals surface area contributed by atoms with Crippen molar-refractivity contribution in [2.24, 2.45) is 0 Å². The Morgan fingerprint density at radius 3 is 2.53 bits per heavy atom. The van der Waals surface area contributed by atoms with Gasteiger partial charge in [0.15, 0.2) is 0 Å². The minimum atomic E-state index is -0.356. The number of halogens is 1. The maximum absolute atomic E-state index is 13.9. The van der Waals surface area contributed by atoms with Crippen molar-refractivity contribution in [2.75, 3.05) is 7.11 Å². The maximum Gasteiger partial charge on any atom is 0.134 e. The van der Waals surface area contributed by atoms with Gasteiger partial charge in [-0.15, -0.1) is 0 Å². The topological polar surface area (TPSA) is 29.5 Å². The molecule has 0 radical (unpaired) electrons. The maximum atomic E-state index is 13.9. The van der Waals surface area contributed by atoms with E-state index in [1.165, 1.54) is 13.2 Å². The largest absolute Gasteiger partial charge is 0.497 e. The Labute approximate surface area is 99.3 Å². The van der Waals surface area contributed by atoms with Gasteiger partial charge in [0.25, 0.3) is 0 Å². The second kappa shape index (κ2) is 4.97. The molecule has 2 nitrogen and oxygen atoms in total. The predicted octanol–water partition coefficient (Wildman–Crippen LogP) is 2.99. The van der Waals surface area contributed by atoms with Crippen molar-refractivity contribution in [1.82, 2.24) is 0 Å². The third kappa shape index (κ3) is 2.29.